The van der Waals surface area contributed by atoms with E-state index in [0.717, 1.165) is 28.8 Å². The summed E-state index contributed by atoms with van der Waals surface area (Å²) in [6.07, 6.45) is 1.98. The molecule has 2 aromatic heterocycles. The number of hydrogen-bond donors (Lipinski definition) is 0. The molecule has 0 aliphatic heterocycles. The number of aryl methyl sites for hydroxylation is 2. The molecular formula is C16H17N3O. The van der Waals surface area contributed by atoms with Crippen LogP contribution < -0.4 is 5.43 Å². The van der Waals surface area contributed by atoms with Gasteiger partial charge in [0.05, 0.1) is 17.8 Å². The van der Waals surface area contributed by atoms with E-state index < -0.39 is 0 Å². The van der Waals surface area contributed by atoms with Crippen molar-refractivity contribution < 1.29 is 0 Å². The molecule has 102 valence electrons. The highest BCUT2D eigenvalue weighted by molar-refractivity contribution is 5.79. The van der Waals surface area contributed by atoms with Gasteiger partial charge in [0.25, 0.3) is 0 Å². The molecule has 0 aliphatic rings. The van der Waals surface area contributed by atoms with Crippen LogP contribution in [0.3, 0.4) is 0 Å². The molecular weight excluding hydrogens is 250 g/mol. The van der Waals surface area contributed by atoms with Gasteiger partial charge in [0.1, 0.15) is 0 Å². The second-order valence-electron chi connectivity index (χ2n) is 4.92. The molecule has 3 aromatic rings. The van der Waals surface area contributed by atoms with E-state index in [-0.39, 0.29) is 5.43 Å². The number of fused-ring (bicyclic) bond motifs is 1. The Morgan fingerprint density at radius 2 is 2.00 bits per heavy atom. The summed E-state index contributed by atoms with van der Waals surface area (Å²) in [4.78, 5) is 12.0. The number of hydrogen-bond acceptors (Lipinski definition) is 2. The highest BCUT2D eigenvalue weighted by Crippen LogP contribution is 2.14. The quantitative estimate of drug-likeness (QED) is 0.731. The van der Waals surface area contributed by atoms with E-state index in [0.29, 0.717) is 6.54 Å². The monoisotopic (exact) mass is 267 g/mol. The minimum Gasteiger partial charge on any atom is -0.339 e. The normalized spacial score (nSPS) is 11.1. The van der Waals surface area contributed by atoms with E-state index in [1.165, 1.54) is 0 Å². The summed E-state index contributed by atoms with van der Waals surface area (Å²) < 4.78 is 4.05. The van der Waals surface area contributed by atoms with Crippen LogP contribution in [0.15, 0.2) is 47.4 Å². The van der Waals surface area contributed by atoms with Crippen LogP contribution in [0.1, 0.15) is 18.3 Å². The van der Waals surface area contributed by atoms with Crippen molar-refractivity contribution in [1.82, 2.24) is 14.3 Å². The molecule has 0 N–H and O–H groups in total. The van der Waals surface area contributed by atoms with Gasteiger partial charge in [0, 0.05) is 29.9 Å². The molecule has 20 heavy (non-hydrogen) atoms. The molecule has 4 heteroatoms. The molecule has 2 heterocycles. The van der Waals surface area contributed by atoms with Gasteiger partial charge in [-0.05, 0) is 32.0 Å². The van der Waals surface area contributed by atoms with Crippen molar-refractivity contribution in [2.24, 2.45) is 0 Å². The Balaban J connectivity index is 2.13. The Morgan fingerprint density at radius 3 is 2.75 bits per heavy atom. The van der Waals surface area contributed by atoms with Crippen molar-refractivity contribution in [2.45, 2.75) is 26.9 Å². The van der Waals surface area contributed by atoms with Gasteiger partial charge in [0.2, 0.25) is 0 Å². The lowest BCUT2D eigenvalue weighted by Gasteiger charge is -2.13. The second kappa shape index (κ2) is 4.96. The van der Waals surface area contributed by atoms with E-state index in [4.69, 9.17) is 0 Å². The van der Waals surface area contributed by atoms with Crippen LogP contribution in [0, 0.1) is 6.92 Å². The van der Waals surface area contributed by atoms with Crippen molar-refractivity contribution in [3.63, 3.8) is 0 Å². The summed E-state index contributed by atoms with van der Waals surface area (Å²) in [7, 11) is 0. The van der Waals surface area contributed by atoms with Gasteiger partial charge in [-0.1, -0.05) is 12.1 Å². The molecule has 0 amide bonds. The molecule has 0 atom stereocenters. The fourth-order valence-electron chi connectivity index (χ4n) is 2.49. The Bertz CT molecular complexity index is 814. The first-order valence-electron chi connectivity index (χ1n) is 6.80. The maximum absolute atomic E-state index is 12.0. The second-order valence-corrected chi connectivity index (χ2v) is 4.92. The number of pyridine rings is 1. The average molecular weight is 267 g/mol. The topological polar surface area (TPSA) is 39.8 Å². The zero-order valence-electron chi connectivity index (χ0n) is 11.7. The van der Waals surface area contributed by atoms with Crippen LogP contribution in [-0.4, -0.2) is 14.3 Å². The van der Waals surface area contributed by atoms with Gasteiger partial charge in [-0.3, -0.25) is 9.48 Å². The Hall–Kier alpha value is -2.36. The third-order valence-corrected chi connectivity index (χ3v) is 3.57. The third-order valence-electron chi connectivity index (χ3n) is 3.57. The van der Waals surface area contributed by atoms with Crippen molar-refractivity contribution in [3.8, 4) is 0 Å². The van der Waals surface area contributed by atoms with Crippen LogP contribution in [-0.2, 0) is 13.1 Å². The van der Waals surface area contributed by atoms with Crippen LogP contribution in [0.5, 0.6) is 0 Å². The summed E-state index contributed by atoms with van der Waals surface area (Å²) in [5, 5.41) is 5.27. The molecule has 0 spiro atoms. The van der Waals surface area contributed by atoms with Crippen LogP contribution in [0.4, 0.5) is 0 Å². The van der Waals surface area contributed by atoms with Crippen molar-refractivity contribution in [3.05, 3.63) is 64.2 Å². The molecule has 0 aliphatic carbocycles. The average Bonchev–Trinajstić information content (AvgIpc) is 2.91. The van der Waals surface area contributed by atoms with Crippen LogP contribution >= 0.6 is 0 Å². The van der Waals surface area contributed by atoms with E-state index in [9.17, 15) is 4.79 Å². The zero-order valence-corrected chi connectivity index (χ0v) is 11.7. The zero-order chi connectivity index (χ0) is 14.1. The lowest BCUT2D eigenvalue weighted by Crippen LogP contribution is -2.13. The smallest absolute Gasteiger partial charge is 0.189 e. The Kier molecular flexibility index (Phi) is 3.14. The van der Waals surface area contributed by atoms with E-state index >= 15 is 0 Å². The van der Waals surface area contributed by atoms with Crippen molar-refractivity contribution in [1.29, 1.82) is 0 Å². The summed E-state index contributed by atoms with van der Waals surface area (Å²) in [5.74, 6) is 0. The van der Waals surface area contributed by atoms with Gasteiger partial charge in [-0.25, -0.2) is 0 Å². The molecule has 0 saturated heterocycles. The number of rotatable bonds is 3. The van der Waals surface area contributed by atoms with Crippen molar-refractivity contribution >= 4 is 10.9 Å². The SMILES string of the molecule is CCn1ccc(Cn2c(C)cc(=O)c3ccccc32)n1. The lowest BCUT2D eigenvalue weighted by atomic mass is 10.1. The molecule has 3 rings (SSSR count). The summed E-state index contributed by atoms with van der Waals surface area (Å²) >= 11 is 0. The number of benzene rings is 1. The molecule has 0 saturated carbocycles. The minimum absolute atomic E-state index is 0.0773. The third kappa shape index (κ3) is 2.13. The minimum atomic E-state index is 0.0773. The first-order valence-corrected chi connectivity index (χ1v) is 6.80. The van der Waals surface area contributed by atoms with Crippen LogP contribution in [0.2, 0.25) is 0 Å². The highest BCUT2D eigenvalue weighted by Gasteiger charge is 2.07. The number of nitrogens with zero attached hydrogens (tertiary/aromatic N) is 3. The molecule has 0 radical (unpaired) electrons. The fraction of sp³-hybridized carbons (Fsp3) is 0.250. The number of para-hydroxylation sites is 1. The van der Waals surface area contributed by atoms with Gasteiger partial charge in [0.15, 0.2) is 5.43 Å². The highest BCUT2D eigenvalue weighted by atomic mass is 16.1. The summed E-state index contributed by atoms with van der Waals surface area (Å²) in [6, 6.07) is 11.4. The summed E-state index contributed by atoms with van der Waals surface area (Å²) in [6.45, 7) is 5.57. The van der Waals surface area contributed by atoms with Gasteiger partial charge >= 0.3 is 0 Å². The predicted molar refractivity (Wildman–Crippen MR) is 79.9 cm³/mol. The fourth-order valence-corrected chi connectivity index (χ4v) is 2.49. The van der Waals surface area contributed by atoms with Gasteiger partial charge in [-0.15, -0.1) is 0 Å². The largest absolute Gasteiger partial charge is 0.339 e. The lowest BCUT2D eigenvalue weighted by molar-refractivity contribution is 0.636. The molecule has 0 fully saturated rings. The Labute approximate surface area is 117 Å². The van der Waals surface area contributed by atoms with Crippen LogP contribution in [0.25, 0.3) is 10.9 Å². The van der Waals surface area contributed by atoms with Gasteiger partial charge in [-0.2, -0.15) is 5.10 Å². The standard InChI is InChI=1S/C16H17N3O/c1-3-18-9-8-13(17-18)11-19-12(2)10-16(20)14-6-4-5-7-15(14)19/h4-10H,3,11H2,1-2H3. The van der Waals surface area contributed by atoms with E-state index in [1.54, 1.807) is 6.07 Å². The molecule has 1 aromatic carbocycles. The summed E-state index contributed by atoms with van der Waals surface area (Å²) in [5.41, 5.74) is 3.00. The van der Waals surface area contributed by atoms with Gasteiger partial charge < -0.3 is 4.57 Å². The van der Waals surface area contributed by atoms with Crippen molar-refractivity contribution in [2.75, 3.05) is 0 Å². The van der Waals surface area contributed by atoms with E-state index in [1.807, 2.05) is 48.1 Å². The molecule has 0 bridgehead atoms. The molecule has 4 nitrogen and oxygen atoms in total. The maximum Gasteiger partial charge on any atom is 0.189 e. The first kappa shape index (κ1) is 12.7. The number of aromatic nitrogens is 3. The predicted octanol–water partition coefficient (Wildman–Crippen LogP) is 2.57. The first-order chi connectivity index (χ1) is 9.69. The maximum atomic E-state index is 12.0. The van der Waals surface area contributed by atoms with E-state index in [2.05, 4.69) is 16.6 Å². The molecule has 0 unspecified atom stereocenters. The Morgan fingerprint density at radius 1 is 1.20 bits per heavy atom.